The van der Waals surface area contributed by atoms with Crippen molar-refractivity contribution in [2.24, 2.45) is 0 Å². The molecule has 1 rings (SSSR count). The fourth-order valence-electron chi connectivity index (χ4n) is 0.581. The Labute approximate surface area is 115 Å². The van der Waals surface area contributed by atoms with E-state index in [9.17, 15) is 4.79 Å². The van der Waals surface area contributed by atoms with Crippen molar-refractivity contribution in [1.29, 1.82) is 0 Å². The van der Waals surface area contributed by atoms with Crippen LogP contribution in [0, 0.1) is 0 Å². The number of rotatable bonds is 1. The molecule has 0 heterocycles. The normalized spacial score (nSPS) is 7.27. The smallest absolute Gasteiger partial charge is 1.00 e. The molecule has 0 fully saturated rings. The van der Waals surface area contributed by atoms with Gasteiger partial charge in [0.2, 0.25) is 0 Å². The van der Waals surface area contributed by atoms with Crippen LogP contribution in [0.25, 0.3) is 0 Å². The van der Waals surface area contributed by atoms with E-state index in [0.29, 0.717) is 5.56 Å². The van der Waals surface area contributed by atoms with Crippen LogP contribution in [0.1, 0.15) is 11.8 Å². The molecule has 0 bridgehead atoms. The molecular formula is C7H8ClKO2. The Morgan fingerprint density at radius 1 is 1.27 bits per heavy atom. The summed E-state index contributed by atoms with van der Waals surface area (Å²) < 4.78 is 0. The van der Waals surface area contributed by atoms with E-state index in [1.165, 1.54) is 0 Å². The molecule has 0 unspecified atom stereocenters. The molecule has 0 saturated carbocycles. The molecule has 0 spiro atoms. The molecule has 56 valence electrons. The van der Waals surface area contributed by atoms with E-state index >= 15 is 0 Å². The van der Waals surface area contributed by atoms with Gasteiger partial charge < -0.3 is 6.53 Å². The maximum absolute atomic E-state index is 10.2. The Bertz CT molecular complexity index is 218. The van der Waals surface area contributed by atoms with Gasteiger partial charge in [-0.1, -0.05) is 18.2 Å². The number of benzene rings is 1. The fraction of sp³-hybridized carbons (Fsp3) is 0. The van der Waals surface area contributed by atoms with Gasteiger partial charge >= 0.3 is 57.4 Å². The molecule has 0 saturated heterocycles. The van der Waals surface area contributed by atoms with Gasteiger partial charge in [0.05, 0.1) is 5.56 Å². The zero-order valence-electron chi connectivity index (χ0n) is 7.15. The summed E-state index contributed by atoms with van der Waals surface area (Å²) in [5.41, 5.74) is 0.331. The molecular weight excluding hydrogens is 191 g/mol. The van der Waals surface area contributed by atoms with Crippen molar-refractivity contribution in [1.82, 2.24) is 0 Å². The van der Waals surface area contributed by atoms with Gasteiger partial charge in [0.15, 0.2) is 0 Å². The predicted octanol–water partition coefficient (Wildman–Crippen LogP) is -1.08. The van der Waals surface area contributed by atoms with Gasteiger partial charge in [-0.05, 0) is 12.1 Å². The number of aromatic carboxylic acids is 1. The average molecular weight is 199 g/mol. The molecule has 0 aromatic heterocycles. The fourth-order valence-corrected chi connectivity index (χ4v) is 0.581. The van der Waals surface area contributed by atoms with E-state index in [-0.39, 0.29) is 65.2 Å². The largest absolute Gasteiger partial charge is 1.00 e. The van der Waals surface area contributed by atoms with Crippen LogP contribution >= 0.6 is 12.4 Å². The molecule has 11 heavy (non-hydrogen) atoms. The summed E-state index contributed by atoms with van der Waals surface area (Å²) in [6.45, 7) is 0. The maximum atomic E-state index is 10.2. The number of hydrogen-bond acceptors (Lipinski definition) is 1. The molecule has 0 aliphatic carbocycles. The standard InChI is InChI=1S/C7H6O2.ClH.K.H/c8-7(9)6-4-2-1-3-5-6;;;/h1-5H,(H,8,9);1H;;/q;;+1;-1. The first-order chi connectivity index (χ1) is 4.30. The molecule has 2 nitrogen and oxygen atoms in total. The van der Waals surface area contributed by atoms with Gasteiger partial charge in [-0.3, -0.25) is 0 Å². The third-order valence-corrected chi connectivity index (χ3v) is 1.02. The molecule has 0 radical (unpaired) electrons. The van der Waals surface area contributed by atoms with E-state index in [0.717, 1.165) is 0 Å². The molecule has 0 aliphatic heterocycles. The van der Waals surface area contributed by atoms with Gasteiger partial charge in [-0.2, -0.15) is 0 Å². The minimum absolute atomic E-state index is 0. The van der Waals surface area contributed by atoms with E-state index < -0.39 is 5.97 Å². The van der Waals surface area contributed by atoms with Crippen molar-refractivity contribution in [3.8, 4) is 0 Å². The number of carbonyl (C=O) groups is 1. The van der Waals surface area contributed by atoms with Crippen molar-refractivity contribution < 1.29 is 62.7 Å². The topological polar surface area (TPSA) is 37.3 Å². The Morgan fingerprint density at radius 3 is 2.00 bits per heavy atom. The van der Waals surface area contributed by atoms with Gasteiger partial charge in [0.1, 0.15) is 0 Å². The summed E-state index contributed by atoms with van der Waals surface area (Å²) in [6, 6.07) is 8.30. The van der Waals surface area contributed by atoms with Gasteiger partial charge in [-0.25, -0.2) is 4.79 Å². The third-order valence-electron chi connectivity index (χ3n) is 1.02. The van der Waals surface area contributed by atoms with E-state index in [4.69, 9.17) is 5.11 Å². The van der Waals surface area contributed by atoms with Gasteiger partial charge in [0, 0.05) is 0 Å². The number of carboxylic acid groups (broad SMARTS) is 1. The Balaban J connectivity index is -0.000000270. The molecule has 0 aliphatic rings. The molecule has 0 amide bonds. The zero-order valence-corrected chi connectivity index (χ0v) is 10.1. The second-order valence-corrected chi connectivity index (χ2v) is 1.67. The molecule has 4 heteroatoms. The first-order valence-electron chi connectivity index (χ1n) is 2.59. The Morgan fingerprint density at radius 2 is 1.73 bits per heavy atom. The number of halogens is 1. The second-order valence-electron chi connectivity index (χ2n) is 1.67. The maximum Gasteiger partial charge on any atom is 1.00 e. The summed E-state index contributed by atoms with van der Waals surface area (Å²) in [6.07, 6.45) is 0. The van der Waals surface area contributed by atoms with Crippen molar-refractivity contribution >= 4 is 18.4 Å². The monoisotopic (exact) mass is 198 g/mol. The molecule has 1 aromatic carbocycles. The Kier molecular flexibility index (Phi) is 9.36. The first-order valence-corrected chi connectivity index (χ1v) is 2.59. The van der Waals surface area contributed by atoms with Crippen molar-refractivity contribution in [2.45, 2.75) is 0 Å². The van der Waals surface area contributed by atoms with Gasteiger partial charge in [0.25, 0.3) is 0 Å². The van der Waals surface area contributed by atoms with Crippen molar-refractivity contribution in [3.63, 3.8) is 0 Å². The zero-order chi connectivity index (χ0) is 6.69. The molecule has 1 aromatic rings. The summed E-state index contributed by atoms with van der Waals surface area (Å²) in [7, 11) is 0. The van der Waals surface area contributed by atoms with Crippen molar-refractivity contribution in [3.05, 3.63) is 35.9 Å². The quantitative estimate of drug-likeness (QED) is 0.584. The third kappa shape index (κ3) is 4.95. The molecule has 0 atom stereocenters. The van der Waals surface area contributed by atoms with Gasteiger partial charge in [-0.15, -0.1) is 12.4 Å². The van der Waals surface area contributed by atoms with E-state index in [1.807, 2.05) is 0 Å². The number of hydrogen-bond donors (Lipinski definition) is 1. The van der Waals surface area contributed by atoms with Crippen molar-refractivity contribution in [2.75, 3.05) is 0 Å². The Hall–Kier alpha value is 0.616. The van der Waals surface area contributed by atoms with Crippen LogP contribution < -0.4 is 51.4 Å². The second kappa shape index (κ2) is 7.28. The van der Waals surface area contributed by atoms with E-state index in [1.54, 1.807) is 30.3 Å². The van der Waals surface area contributed by atoms with E-state index in [2.05, 4.69) is 0 Å². The summed E-state index contributed by atoms with van der Waals surface area (Å²) in [4.78, 5) is 10.2. The van der Waals surface area contributed by atoms with Crippen LogP contribution in [-0.4, -0.2) is 11.1 Å². The minimum Gasteiger partial charge on any atom is -1.00 e. The predicted molar refractivity (Wildman–Crippen MR) is 41.8 cm³/mol. The first kappa shape index (κ1) is 14.2. The summed E-state index contributed by atoms with van der Waals surface area (Å²) in [5.74, 6) is -0.879. The SMILES string of the molecule is Cl.O=C(O)c1ccccc1.[H-].[K+]. The van der Waals surface area contributed by atoms with Crippen LogP contribution in [0.5, 0.6) is 0 Å². The molecule has 1 N–H and O–H groups in total. The minimum atomic E-state index is -0.879. The van der Waals surface area contributed by atoms with Crippen LogP contribution in [-0.2, 0) is 0 Å². The van der Waals surface area contributed by atoms with Crippen LogP contribution in [0.3, 0.4) is 0 Å². The summed E-state index contributed by atoms with van der Waals surface area (Å²) in [5, 5.41) is 8.38. The van der Waals surface area contributed by atoms with Crippen LogP contribution in [0.2, 0.25) is 0 Å². The summed E-state index contributed by atoms with van der Waals surface area (Å²) >= 11 is 0. The average Bonchev–Trinajstić information content (AvgIpc) is 1.90. The van der Waals surface area contributed by atoms with Crippen LogP contribution in [0.15, 0.2) is 30.3 Å². The number of carboxylic acids is 1. The van der Waals surface area contributed by atoms with Crippen LogP contribution in [0.4, 0.5) is 0 Å².